The quantitative estimate of drug-likeness (QED) is 0.788. The predicted molar refractivity (Wildman–Crippen MR) is 74.9 cm³/mol. The predicted octanol–water partition coefficient (Wildman–Crippen LogP) is 0.458. The third kappa shape index (κ3) is 3.17. The van der Waals surface area contributed by atoms with Crippen LogP contribution in [0.25, 0.3) is 0 Å². The summed E-state index contributed by atoms with van der Waals surface area (Å²) in [4.78, 5) is 25.5. The maximum Gasteiger partial charge on any atom is 0.312 e. The van der Waals surface area contributed by atoms with Crippen LogP contribution < -0.4 is 5.32 Å². The number of fused-ring (bicyclic) bond motifs is 1. The summed E-state index contributed by atoms with van der Waals surface area (Å²) in [6.07, 6.45) is 1.37. The molecule has 0 radical (unpaired) electrons. The molecule has 5 heteroatoms. The number of hydrogen-bond acceptors (Lipinski definition) is 3. The van der Waals surface area contributed by atoms with Crippen molar-refractivity contribution in [3.05, 3.63) is 35.4 Å². The fraction of sp³-hybridized carbons (Fsp3) is 0.467. The van der Waals surface area contributed by atoms with Crippen LogP contribution in [0.15, 0.2) is 24.3 Å². The number of benzene rings is 1. The first-order valence-corrected chi connectivity index (χ1v) is 6.93. The highest BCUT2D eigenvalue weighted by molar-refractivity contribution is 6.35. The molecule has 0 aromatic heterocycles. The molecular formula is C15H20N2O3. The van der Waals surface area contributed by atoms with Crippen molar-refractivity contribution in [1.82, 2.24) is 10.2 Å². The van der Waals surface area contributed by atoms with E-state index in [-0.39, 0.29) is 12.6 Å². The topological polar surface area (TPSA) is 69.6 Å². The van der Waals surface area contributed by atoms with E-state index in [1.165, 1.54) is 5.56 Å². The Morgan fingerprint density at radius 3 is 2.70 bits per heavy atom. The molecule has 0 fully saturated rings. The molecule has 108 valence electrons. The zero-order valence-electron chi connectivity index (χ0n) is 11.6. The zero-order chi connectivity index (χ0) is 14.5. The highest BCUT2D eigenvalue weighted by Gasteiger charge is 2.26. The first-order valence-electron chi connectivity index (χ1n) is 6.93. The van der Waals surface area contributed by atoms with Gasteiger partial charge >= 0.3 is 11.8 Å². The number of hydrogen-bond donors (Lipinski definition) is 2. The van der Waals surface area contributed by atoms with Gasteiger partial charge in [-0.25, -0.2) is 0 Å². The van der Waals surface area contributed by atoms with E-state index >= 15 is 0 Å². The van der Waals surface area contributed by atoms with Crippen LogP contribution in [0.1, 0.15) is 24.5 Å². The molecule has 1 aromatic rings. The van der Waals surface area contributed by atoms with Crippen molar-refractivity contribution in [1.29, 1.82) is 0 Å². The molecule has 1 aliphatic rings. The van der Waals surface area contributed by atoms with Gasteiger partial charge in [-0.1, -0.05) is 31.2 Å². The van der Waals surface area contributed by atoms with Gasteiger partial charge in [0.2, 0.25) is 0 Å². The zero-order valence-corrected chi connectivity index (χ0v) is 11.6. The third-order valence-corrected chi connectivity index (χ3v) is 3.66. The van der Waals surface area contributed by atoms with Crippen LogP contribution in [-0.4, -0.2) is 41.0 Å². The Bertz CT molecular complexity index is 498. The highest BCUT2D eigenvalue weighted by Crippen LogP contribution is 2.18. The summed E-state index contributed by atoms with van der Waals surface area (Å²) in [5.41, 5.74) is 2.33. The van der Waals surface area contributed by atoms with Crippen molar-refractivity contribution in [2.24, 2.45) is 0 Å². The summed E-state index contributed by atoms with van der Waals surface area (Å²) < 4.78 is 0. The minimum Gasteiger partial charge on any atom is -0.394 e. The number of amides is 2. The first kappa shape index (κ1) is 14.5. The van der Waals surface area contributed by atoms with Crippen LogP contribution in [-0.2, 0) is 22.6 Å². The minimum absolute atomic E-state index is 0.154. The maximum atomic E-state index is 12.1. The molecule has 1 heterocycles. The molecule has 2 N–H and O–H groups in total. The fourth-order valence-electron chi connectivity index (χ4n) is 2.34. The monoisotopic (exact) mass is 276 g/mol. The Labute approximate surface area is 118 Å². The van der Waals surface area contributed by atoms with Crippen molar-refractivity contribution < 1.29 is 14.7 Å². The summed E-state index contributed by atoms with van der Waals surface area (Å²) in [7, 11) is 0. The Morgan fingerprint density at radius 2 is 2.05 bits per heavy atom. The van der Waals surface area contributed by atoms with Crippen LogP contribution in [0.3, 0.4) is 0 Å². The standard InChI is InChI=1S/C15H20N2O3/c1-2-13(10-18)16-14(19)15(20)17-8-7-11-5-3-4-6-12(11)9-17/h3-6,13,18H,2,7-10H2,1H3,(H,16,19). The molecular weight excluding hydrogens is 256 g/mol. The highest BCUT2D eigenvalue weighted by atomic mass is 16.3. The fourth-order valence-corrected chi connectivity index (χ4v) is 2.34. The second-order valence-electron chi connectivity index (χ2n) is 5.01. The van der Waals surface area contributed by atoms with Gasteiger partial charge in [0.15, 0.2) is 0 Å². The van der Waals surface area contributed by atoms with E-state index in [2.05, 4.69) is 11.4 Å². The van der Waals surface area contributed by atoms with E-state index in [0.29, 0.717) is 19.5 Å². The average Bonchev–Trinajstić information content (AvgIpc) is 2.51. The van der Waals surface area contributed by atoms with E-state index < -0.39 is 11.8 Å². The Kier molecular flexibility index (Phi) is 4.74. The van der Waals surface area contributed by atoms with Crippen LogP contribution in [0, 0.1) is 0 Å². The third-order valence-electron chi connectivity index (χ3n) is 3.66. The summed E-state index contributed by atoms with van der Waals surface area (Å²) in [5, 5.41) is 11.6. The van der Waals surface area contributed by atoms with Gasteiger partial charge in [0.05, 0.1) is 12.6 Å². The molecule has 0 bridgehead atoms. The first-order chi connectivity index (χ1) is 9.65. The summed E-state index contributed by atoms with van der Waals surface area (Å²) in [6, 6.07) is 7.59. The van der Waals surface area contributed by atoms with Gasteiger partial charge in [-0.15, -0.1) is 0 Å². The Balaban J connectivity index is 1.99. The van der Waals surface area contributed by atoms with Crippen molar-refractivity contribution in [3.63, 3.8) is 0 Å². The number of rotatable bonds is 3. The Morgan fingerprint density at radius 1 is 1.35 bits per heavy atom. The smallest absolute Gasteiger partial charge is 0.312 e. The molecule has 1 aromatic carbocycles. The minimum atomic E-state index is -0.634. The van der Waals surface area contributed by atoms with E-state index in [0.717, 1.165) is 12.0 Å². The second-order valence-corrected chi connectivity index (χ2v) is 5.01. The van der Waals surface area contributed by atoms with Gasteiger partial charge in [-0.2, -0.15) is 0 Å². The lowest BCUT2D eigenvalue weighted by Crippen LogP contribution is -2.48. The lowest BCUT2D eigenvalue weighted by Gasteiger charge is -2.28. The number of nitrogens with one attached hydrogen (secondary N) is 1. The molecule has 2 amide bonds. The van der Waals surface area contributed by atoms with Crippen molar-refractivity contribution in [3.8, 4) is 0 Å². The number of carbonyl (C=O) groups is 2. The van der Waals surface area contributed by atoms with Gasteiger partial charge in [0, 0.05) is 13.1 Å². The van der Waals surface area contributed by atoms with E-state index in [1.807, 2.05) is 25.1 Å². The normalized spacial score (nSPS) is 15.4. The van der Waals surface area contributed by atoms with E-state index in [1.54, 1.807) is 4.90 Å². The number of nitrogens with zero attached hydrogens (tertiary/aromatic N) is 1. The number of carbonyl (C=O) groups excluding carboxylic acids is 2. The second kappa shape index (κ2) is 6.52. The van der Waals surface area contributed by atoms with Gasteiger partial charge < -0.3 is 15.3 Å². The number of aliphatic hydroxyl groups excluding tert-OH is 1. The lowest BCUT2D eigenvalue weighted by atomic mass is 10.00. The van der Waals surface area contributed by atoms with Crippen molar-refractivity contribution in [2.45, 2.75) is 32.4 Å². The van der Waals surface area contributed by atoms with Gasteiger partial charge in [-0.3, -0.25) is 9.59 Å². The molecule has 0 saturated carbocycles. The van der Waals surface area contributed by atoms with Gasteiger partial charge in [0.25, 0.3) is 0 Å². The lowest BCUT2D eigenvalue weighted by molar-refractivity contribution is -0.147. The number of aliphatic hydroxyl groups is 1. The molecule has 1 atom stereocenters. The maximum absolute atomic E-state index is 12.1. The SMILES string of the molecule is CCC(CO)NC(=O)C(=O)N1CCc2ccccc2C1. The van der Waals surface area contributed by atoms with Crippen LogP contribution in [0.2, 0.25) is 0 Å². The largest absolute Gasteiger partial charge is 0.394 e. The summed E-state index contributed by atoms with van der Waals surface area (Å²) in [6.45, 7) is 2.72. The van der Waals surface area contributed by atoms with Crippen LogP contribution >= 0.6 is 0 Å². The molecule has 0 aliphatic carbocycles. The molecule has 1 unspecified atom stereocenters. The Hall–Kier alpha value is -1.88. The van der Waals surface area contributed by atoms with Crippen LogP contribution in [0.5, 0.6) is 0 Å². The molecule has 5 nitrogen and oxygen atoms in total. The van der Waals surface area contributed by atoms with Crippen molar-refractivity contribution in [2.75, 3.05) is 13.2 Å². The van der Waals surface area contributed by atoms with Crippen molar-refractivity contribution >= 4 is 11.8 Å². The molecule has 0 spiro atoms. The van der Waals surface area contributed by atoms with E-state index in [9.17, 15) is 9.59 Å². The summed E-state index contributed by atoms with van der Waals surface area (Å²) in [5.74, 6) is -1.16. The summed E-state index contributed by atoms with van der Waals surface area (Å²) >= 11 is 0. The van der Waals surface area contributed by atoms with Gasteiger partial charge in [-0.05, 0) is 24.0 Å². The molecule has 2 rings (SSSR count). The molecule has 0 saturated heterocycles. The van der Waals surface area contributed by atoms with E-state index in [4.69, 9.17) is 5.11 Å². The van der Waals surface area contributed by atoms with Crippen LogP contribution in [0.4, 0.5) is 0 Å². The molecule has 1 aliphatic heterocycles. The average molecular weight is 276 g/mol. The molecule has 20 heavy (non-hydrogen) atoms. The van der Waals surface area contributed by atoms with Gasteiger partial charge in [0.1, 0.15) is 0 Å².